The third-order valence-corrected chi connectivity index (χ3v) is 6.77. The van der Waals surface area contributed by atoms with Gasteiger partial charge in [-0.15, -0.1) is 11.3 Å². The number of amides is 1. The molecule has 4 heterocycles. The highest BCUT2D eigenvalue weighted by atomic mass is 32.1. The quantitative estimate of drug-likeness (QED) is 0.585. The Kier molecular flexibility index (Phi) is 5.57. The van der Waals surface area contributed by atoms with Crippen molar-refractivity contribution < 1.29 is 13.9 Å². The third-order valence-electron chi connectivity index (χ3n) is 5.27. The normalized spacial score (nSPS) is 14.9. The summed E-state index contributed by atoms with van der Waals surface area (Å²) in [7, 11) is 1.64. The van der Waals surface area contributed by atoms with Crippen molar-refractivity contribution in [2.45, 2.75) is 25.9 Å². The van der Waals surface area contributed by atoms with Crippen LogP contribution in [-0.4, -0.2) is 52.5 Å². The van der Waals surface area contributed by atoms with Crippen LogP contribution in [0, 0.1) is 0 Å². The number of carbonyl (C=O) groups is 1. The maximum atomic E-state index is 13.0. The van der Waals surface area contributed by atoms with Gasteiger partial charge >= 0.3 is 0 Å². The largest absolute Gasteiger partial charge is 0.383 e. The number of nitrogens with zero attached hydrogens (tertiary/aromatic N) is 4. The number of aromatic nitrogens is 3. The summed E-state index contributed by atoms with van der Waals surface area (Å²) < 4.78 is 19.4. The standard InChI is InChI=1S/C21H24FN5O2S/c1-21(2)19-15(20(28)26(21)10-11-29-3)13-16(30-19)14-4-7-23-17(12-14)25-18-5-8-24-27(18)9-6-22/h4-5,7-8,12-13H,6,9-11H2,1-3H3,(H,23,25). The van der Waals surface area contributed by atoms with Crippen LogP contribution >= 0.6 is 11.3 Å². The molecule has 0 saturated heterocycles. The molecule has 0 spiro atoms. The molecule has 0 bridgehead atoms. The Morgan fingerprint density at radius 2 is 2.07 bits per heavy atom. The second-order valence-electron chi connectivity index (χ2n) is 7.55. The average molecular weight is 430 g/mol. The van der Waals surface area contributed by atoms with E-state index in [1.807, 2.05) is 23.1 Å². The number of anilines is 2. The van der Waals surface area contributed by atoms with Crippen molar-refractivity contribution in [3.63, 3.8) is 0 Å². The minimum Gasteiger partial charge on any atom is -0.383 e. The van der Waals surface area contributed by atoms with Crippen LogP contribution in [0.3, 0.4) is 0 Å². The molecule has 1 N–H and O–H groups in total. The fraction of sp³-hybridized carbons (Fsp3) is 0.381. The Balaban J connectivity index is 1.60. The van der Waals surface area contributed by atoms with Gasteiger partial charge < -0.3 is 15.0 Å². The van der Waals surface area contributed by atoms with Gasteiger partial charge in [-0.25, -0.2) is 14.1 Å². The van der Waals surface area contributed by atoms with Gasteiger partial charge in [0, 0.05) is 35.7 Å². The predicted octanol–water partition coefficient (Wildman–Crippen LogP) is 4.06. The molecule has 4 rings (SSSR count). The molecule has 0 saturated carbocycles. The van der Waals surface area contributed by atoms with Crippen molar-refractivity contribution in [2.24, 2.45) is 0 Å². The summed E-state index contributed by atoms with van der Waals surface area (Å²) in [6.07, 6.45) is 3.34. The van der Waals surface area contributed by atoms with E-state index in [1.54, 1.807) is 41.6 Å². The first-order chi connectivity index (χ1) is 14.5. The van der Waals surface area contributed by atoms with E-state index in [4.69, 9.17) is 4.74 Å². The molecule has 0 radical (unpaired) electrons. The molecule has 9 heteroatoms. The molecule has 30 heavy (non-hydrogen) atoms. The molecule has 1 aliphatic heterocycles. The minimum absolute atomic E-state index is 0.0390. The van der Waals surface area contributed by atoms with Crippen LogP contribution in [-0.2, 0) is 16.8 Å². The van der Waals surface area contributed by atoms with Gasteiger partial charge in [-0.3, -0.25) is 4.79 Å². The smallest absolute Gasteiger partial charge is 0.255 e. The molecule has 1 aliphatic rings. The number of fused-ring (bicyclic) bond motifs is 1. The lowest BCUT2D eigenvalue weighted by molar-refractivity contribution is 0.0526. The summed E-state index contributed by atoms with van der Waals surface area (Å²) in [6.45, 7) is 4.90. The molecule has 0 fully saturated rings. The first-order valence-corrected chi connectivity index (χ1v) is 10.5. The van der Waals surface area contributed by atoms with E-state index < -0.39 is 6.67 Å². The van der Waals surface area contributed by atoms with Crippen molar-refractivity contribution in [1.29, 1.82) is 0 Å². The topological polar surface area (TPSA) is 72.3 Å². The van der Waals surface area contributed by atoms with E-state index in [0.29, 0.717) is 24.8 Å². The average Bonchev–Trinajstić information content (AvgIpc) is 3.40. The van der Waals surface area contributed by atoms with Gasteiger partial charge in [0.15, 0.2) is 0 Å². The monoisotopic (exact) mass is 429 g/mol. The van der Waals surface area contributed by atoms with Crippen LogP contribution in [0.2, 0.25) is 0 Å². The number of nitrogens with one attached hydrogen (secondary N) is 1. The van der Waals surface area contributed by atoms with E-state index in [1.165, 1.54) is 0 Å². The highest BCUT2D eigenvalue weighted by Crippen LogP contribution is 2.46. The zero-order valence-corrected chi connectivity index (χ0v) is 18.0. The highest BCUT2D eigenvalue weighted by Gasteiger charge is 2.44. The van der Waals surface area contributed by atoms with Crippen LogP contribution in [0.4, 0.5) is 16.0 Å². The Morgan fingerprint density at radius 3 is 2.80 bits per heavy atom. The summed E-state index contributed by atoms with van der Waals surface area (Å²) in [6, 6.07) is 7.59. The van der Waals surface area contributed by atoms with Gasteiger partial charge in [0.1, 0.15) is 18.3 Å². The van der Waals surface area contributed by atoms with Crippen LogP contribution < -0.4 is 5.32 Å². The molecule has 0 atom stereocenters. The van der Waals surface area contributed by atoms with Gasteiger partial charge in [0.05, 0.1) is 30.5 Å². The molecule has 3 aromatic rings. The zero-order chi connectivity index (χ0) is 21.3. The first-order valence-electron chi connectivity index (χ1n) is 9.72. The van der Waals surface area contributed by atoms with Gasteiger partial charge in [-0.05, 0) is 37.6 Å². The first kappa shape index (κ1) is 20.5. The van der Waals surface area contributed by atoms with E-state index in [9.17, 15) is 9.18 Å². The Labute approximate surface area is 178 Å². The summed E-state index contributed by atoms with van der Waals surface area (Å²) >= 11 is 1.62. The fourth-order valence-electron chi connectivity index (χ4n) is 3.71. The van der Waals surface area contributed by atoms with Crippen LogP contribution in [0.15, 0.2) is 36.7 Å². The zero-order valence-electron chi connectivity index (χ0n) is 17.2. The number of rotatable bonds is 8. The lowest BCUT2D eigenvalue weighted by atomic mass is 10.0. The maximum absolute atomic E-state index is 13.0. The van der Waals surface area contributed by atoms with Gasteiger partial charge in [-0.1, -0.05) is 0 Å². The maximum Gasteiger partial charge on any atom is 0.255 e. The van der Waals surface area contributed by atoms with E-state index in [2.05, 4.69) is 29.2 Å². The second kappa shape index (κ2) is 8.16. The molecular weight excluding hydrogens is 405 g/mol. The van der Waals surface area contributed by atoms with Crippen molar-refractivity contribution in [2.75, 3.05) is 32.3 Å². The fourth-order valence-corrected chi connectivity index (χ4v) is 4.97. The summed E-state index contributed by atoms with van der Waals surface area (Å²) in [5.41, 5.74) is 1.35. The minimum atomic E-state index is -0.490. The van der Waals surface area contributed by atoms with E-state index >= 15 is 0 Å². The van der Waals surface area contributed by atoms with E-state index in [-0.39, 0.29) is 18.0 Å². The molecular formula is C21H24FN5O2S. The molecule has 0 aliphatic carbocycles. The van der Waals surface area contributed by atoms with Crippen LogP contribution in [0.1, 0.15) is 29.1 Å². The molecule has 0 unspecified atom stereocenters. The summed E-state index contributed by atoms with van der Waals surface area (Å²) in [5.74, 6) is 1.35. The Bertz CT molecular complexity index is 1060. The van der Waals surface area contributed by atoms with Crippen molar-refractivity contribution in [3.8, 4) is 10.4 Å². The number of thiophene rings is 1. The van der Waals surface area contributed by atoms with E-state index in [0.717, 1.165) is 20.9 Å². The second-order valence-corrected chi connectivity index (χ2v) is 8.60. The number of carbonyl (C=O) groups excluding carboxylic acids is 1. The van der Waals surface area contributed by atoms with Gasteiger partial charge in [0.2, 0.25) is 0 Å². The Morgan fingerprint density at radius 1 is 1.23 bits per heavy atom. The Hall–Kier alpha value is -2.78. The molecule has 1 amide bonds. The van der Waals surface area contributed by atoms with Crippen molar-refractivity contribution in [3.05, 3.63) is 47.1 Å². The van der Waals surface area contributed by atoms with Crippen LogP contribution in [0.5, 0.6) is 0 Å². The number of hydrogen-bond acceptors (Lipinski definition) is 6. The molecule has 158 valence electrons. The van der Waals surface area contributed by atoms with Gasteiger partial charge in [-0.2, -0.15) is 5.10 Å². The van der Waals surface area contributed by atoms with Crippen molar-refractivity contribution in [1.82, 2.24) is 19.7 Å². The number of hydrogen-bond donors (Lipinski definition) is 1. The van der Waals surface area contributed by atoms with Gasteiger partial charge in [0.25, 0.3) is 5.91 Å². The number of pyridine rings is 1. The highest BCUT2D eigenvalue weighted by molar-refractivity contribution is 7.16. The lowest BCUT2D eigenvalue weighted by Crippen LogP contribution is -2.41. The SMILES string of the molecule is COCCN1C(=O)c2cc(-c3ccnc(Nc4ccnn4CCF)c3)sc2C1(C)C. The number of alkyl halides is 1. The summed E-state index contributed by atoms with van der Waals surface area (Å²) in [4.78, 5) is 21.3. The number of methoxy groups -OCH3 is 1. The summed E-state index contributed by atoms with van der Waals surface area (Å²) in [5, 5.41) is 7.30. The number of ether oxygens (including phenoxy) is 1. The van der Waals surface area contributed by atoms with Crippen LogP contribution in [0.25, 0.3) is 10.4 Å². The molecule has 3 aromatic heterocycles. The molecule has 7 nitrogen and oxygen atoms in total. The third kappa shape index (κ3) is 3.59. The molecule has 0 aromatic carbocycles. The number of halogens is 1. The lowest BCUT2D eigenvalue weighted by Gasteiger charge is -2.32. The van der Waals surface area contributed by atoms with Crippen molar-refractivity contribution >= 4 is 28.9 Å². The number of aryl methyl sites for hydroxylation is 1. The predicted molar refractivity (Wildman–Crippen MR) is 115 cm³/mol.